The maximum absolute atomic E-state index is 15.3. The number of nitrogens with one attached hydrogen (secondary N) is 3. The molecule has 0 aliphatic heterocycles. The van der Waals surface area contributed by atoms with Gasteiger partial charge in [-0.05, 0) is 32.9 Å². The number of sulfonamides is 1. The van der Waals surface area contributed by atoms with Gasteiger partial charge >= 0.3 is 6.09 Å². The molecule has 4 N–H and O–H groups in total. The molecule has 2 aromatic heterocycles. The predicted octanol–water partition coefficient (Wildman–Crippen LogP) is 3.44. The van der Waals surface area contributed by atoms with Crippen molar-refractivity contribution in [1.82, 2.24) is 25.1 Å². The average molecular weight is 528 g/mol. The summed E-state index contributed by atoms with van der Waals surface area (Å²) in [5, 5.41) is 18.3. The second kappa shape index (κ2) is 10.4. The Hall–Kier alpha value is -3.88. The highest BCUT2D eigenvalue weighted by atomic mass is 32.2. The van der Waals surface area contributed by atoms with E-state index in [1.807, 2.05) is 0 Å². The fourth-order valence-electron chi connectivity index (χ4n) is 3.19. The minimum Gasteiger partial charge on any atom is -0.465 e. The van der Waals surface area contributed by atoms with Crippen LogP contribution in [0.2, 0.25) is 0 Å². The normalized spacial score (nSPS) is 12.4. The van der Waals surface area contributed by atoms with Gasteiger partial charge < -0.3 is 15.7 Å². The lowest BCUT2D eigenvalue weighted by atomic mass is 10.0. The van der Waals surface area contributed by atoms with E-state index < -0.39 is 50.9 Å². The molecule has 0 radical (unpaired) electrons. The first kappa shape index (κ1) is 26.7. The van der Waals surface area contributed by atoms with Gasteiger partial charge in [0.2, 0.25) is 16.0 Å². The topological polar surface area (TPSA) is 151 Å². The van der Waals surface area contributed by atoms with Crippen molar-refractivity contribution in [3.8, 4) is 22.5 Å². The summed E-state index contributed by atoms with van der Waals surface area (Å²) in [5.41, 5.74) is -1.28. The van der Waals surface area contributed by atoms with E-state index in [4.69, 9.17) is 5.11 Å². The van der Waals surface area contributed by atoms with Gasteiger partial charge in [-0.25, -0.2) is 36.4 Å². The Morgan fingerprint density at radius 2 is 1.86 bits per heavy atom. The number of hydrogen-bond donors (Lipinski definition) is 4. The molecule has 0 aliphatic rings. The number of rotatable bonds is 9. The summed E-state index contributed by atoms with van der Waals surface area (Å²) < 4.78 is 70.4. The summed E-state index contributed by atoms with van der Waals surface area (Å²) in [6, 6.07) is 1.41. The van der Waals surface area contributed by atoms with Crippen LogP contribution < -0.4 is 15.4 Å². The van der Waals surface area contributed by atoms with Crippen LogP contribution in [-0.2, 0) is 10.0 Å². The number of amides is 1. The van der Waals surface area contributed by atoms with E-state index in [2.05, 4.69) is 25.7 Å². The van der Waals surface area contributed by atoms with Crippen molar-refractivity contribution in [2.45, 2.75) is 32.9 Å². The molecule has 15 heteroatoms. The van der Waals surface area contributed by atoms with Gasteiger partial charge in [-0.2, -0.15) is 5.10 Å². The van der Waals surface area contributed by atoms with Gasteiger partial charge in [0.1, 0.15) is 11.4 Å². The predicted molar refractivity (Wildman–Crippen MR) is 127 cm³/mol. The first-order valence-electron chi connectivity index (χ1n) is 10.6. The third kappa shape index (κ3) is 6.21. The van der Waals surface area contributed by atoms with Crippen LogP contribution >= 0.6 is 0 Å². The summed E-state index contributed by atoms with van der Waals surface area (Å²) >= 11 is 0. The van der Waals surface area contributed by atoms with Gasteiger partial charge in [0.25, 0.3) is 0 Å². The van der Waals surface area contributed by atoms with Crippen molar-refractivity contribution in [2.24, 2.45) is 0 Å². The second-order valence-corrected chi connectivity index (χ2v) is 9.99. The first-order chi connectivity index (χ1) is 16.8. The Kier molecular flexibility index (Phi) is 7.71. The van der Waals surface area contributed by atoms with Crippen molar-refractivity contribution in [1.29, 1.82) is 0 Å². The molecular weight excluding hydrogens is 503 g/mol. The molecule has 3 rings (SSSR count). The van der Waals surface area contributed by atoms with Crippen molar-refractivity contribution in [3.05, 3.63) is 42.0 Å². The zero-order valence-corrected chi connectivity index (χ0v) is 20.5. The fraction of sp³-hybridized carbons (Fsp3) is 0.333. The van der Waals surface area contributed by atoms with E-state index >= 15 is 4.39 Å². The van der Waals surface area contributed by atoms with E-state index in [0.29, 0.717) is 12.3 Å². The SMILES string of the molecule is CC(C)n1cc(-c2ccnc(NC[C@H](C)NC(=O)O)n2)c(-c2cc(F)c(F)c(NS(C)(=O)=O)c2F)n1. The van der Waals surface area contributed by atoms with E-state index in [1.165, 1.54) is 23.1 Å². The number of anilines is 2. The highest BCUT2D eigenvalue weighted by Crippen LogP contribution is 2.37. The zero-order valence-electron chi connectivity index (χ0n) is 19.7. The molecule has 3 aromatic rings. The third-order valence-corrected chi connectivity index (χ3v) is 5.40. The maximum Gasteiger partial charge on any atom is 0.404 e. The molecule has 2 heterocycles. The highest BCUT2D eigenvalue weighted by Gasteiger charge is 2.26. The lowest BCUT2D eigenvalue weighted by Gasteiger charge is -2.13. The maximum atomic E-state index is 15.3. The molecule has 0 bridgehead atoms. The summed E-state index contributed by atoms with van der Waals surface area (Å²) in [5.74, 6) is -4.40. The molecule has 1 atom stereocenters. The van der Waals surface area contributed by atoms with Crippen LogP contribution in [0.25, 0.3) is 22.5 Å². The highest BCUT2D eigenvalue weighted by molar-refractivity contribution is 7.92. The van der Waals surface area contributed by atoms with Crippen LogP contribution in [0.5, 0.6) is 0 Å². The minimum absolute atomic E-state index is 0.109. The Labute approximate surface area is 204 Å². The Bertz CT molecular complexity index is 1400. The molecule has 0 saturated heterocycles. The Balaban J connectivity index is 2.10. The smallest absolute Gasteiger partial charge is 0.404 e. The number of carboxylic acid groups (broad SMARTS) is 1. The molecule has 1 amide bonds. The molecule has 194 valence electrons. The van der Waals surface area contributed by atoms with Gasteiger partial charge in [0, 0.05) is 42.1 Å². The first-order valence-corrected chi connectivity index (χ1v) is 12.5. The summed E-state index contributed by atoms with van der Waals surface area (Å²) in [4.78, 5) is 19.2. The number of benzene rings is 1. The largest absolute Gasteiger partial charge is 0.465 e. The summed E-state index contributed by atoms with van der Waals surface area (Å²) in [6.45, 7) is 5.38. The molecule has 0 saturated carbocycles. The van der Waals surface area contributed by atoms with E-state index in [1.54, 1.807) is 25.5 Å². The molecule has 0 aliphatic carbocycles. The van der Waals surface area contributed by atoms with Crippen LogP contribution in [0.1, 0.15) is 26.8 Å². The van der Waals surface area contributed by atoms with Crippen LogP contribution in [0.4, 0.5) is 29.6 Å². The molecular formula is C21H24F3N7O4S. The monoisotopic (exact) mass is 527 g/mol. The number of aromatic nitrogens is 4. The Morgan fingerprint density at radius 1 is 1.17 bits per heavy atom. The van der Waals surface area contributed by atoms with Crippen molar-refractivity contribution in [2.75, 3.05) is 22.8 Å². The van der Waals surface area contributed by atoms with Crippen LogP contribution in [0.3, 0.4) is 0 Å². The summed E-state index contributed by atoms with van der Waals surface area (Å²) in [6.07, 6.45) is 2.42. The molecule has 1 aromatic carbocycles. The molecule has 0 fully saturated rings. The van der Waals surface area contributed by atoms with Crippen LogP contribution in [0, 0.1) is 17.5 Å². The van der Waals surface area contributed by atoms with Gasteiger partial charge in [-0.1, -0.05) is 0 Å². The lowest BCUT2D eigenvalue weighted by molar-refractivity contribution is 0.191. The number of nitrogens with zero attached hydrogens (tertiary/aromatic N) is 4. The standard InChI is InChI=1S/C21H24F3N7O4S/c1-10(2)31-9-13(15-5-6-25-20(28-15)26-8-11(3)27-21(32)33)18(29-31)12-7-14(22)17(24)19(16(12)23)30-36(4,34)35/h5-7,9-11,27,30H,8H2,1-4H3,(H,32,33)(H,25,26,28)/t11-/m0/s1. The number of hydrogen-bond acceptors (Lipinski definition) is 7. The summed E-state index contributed by atoms with van der Waals surface area (Å²) in [7, 11) is -4.13. The van der Waals surface area contributed by atoms with Gasteiger partial charge in [0.05, 0.1) is 11.9 Å². The van der Waals surface area contributed by atoms with E-state index in [9.17, 15) is 22.0 Å². The average Bonchev–Trinajstić information content (AvgIpc) is 3.22. The van der Waals surface area contributed by atoms with E-state index in [-0.39, 0.29) is 35.5 Å². The van der Waals surface area contributed by atoms with Crippen LogP contribution in [-0.4, -0.2) is 58.2 Å². The number of halogens is 3. The third-order valence-electron chi connectivity index (χ3n) is 4.83. The van der Waals surface area contributed by atoms with E-state index in [0.717, 1.165) is 0 Å². The molecule has 0 spiro atoms. The van der Waals surface area contributed by atoms with Gasteiger partial charge in [-0.15, -0.1) is 0 Å². The minimum atomic E-state index is -4.13. The van der Waals surface area contributed by atoms with Crippen molar-refractivity contribution in [3.63, 3.8) is 0 Å². The molecule has 36 heavy (non-hydrogen) atoms. The number of carbonyl (C=O) groups is 1. The van der Waals surface area contributed by atoms with Crippen LogP contribution in [0.15, 0.2) is 24.5 Å². The molecule has 0 unspecified atom stereocenters. The molecule has 11 nitrogen and oxygen atoms in total. The van der Waals surface area contributed by atoms with Gasteiger partial charge in [0.15, 0.2) is 17.5 Å². The quantitative estimate of drug-likeness (QED) is 0.309. The van der Waals surface area contributed by atoms with Crippen molar-refractivity contribution >= 4 is 27.8 Å². The van der Waals surface area contributed by atoms with Crippen molar-refractivity contribution < 1.29 is 31.5 Å². The fourth-order valence-corrected chi connectivity index (χ4v) is 3.74. The lowest BCUT2D eigenvalue weighted by Crippen LogP contribution is -2.36. The second-order valence-electron chi connectivity index (χ2n) is 8.25. The van der Waals surface area contributed by atoms with Gasteiger partial charge in [-0.3, -0.25) is 9.40 Å². The Morgan fingerprint density at radius 3 is 2.47 bits per heavy atom. The zero-order chi connectivity index (χ0) is 26.8.